The number of hydrogen-bond donors (Lipinski definition) is 1. The summed E-state index contributed by atoms with van der Waals surface area (Å²) in [6.07, 6.45) is 0.929. The average molecular weight is 477 g/mol. The van der Waals surface area contributed by atoms with Gasteiger partial charge in [0.25, 0.3) is 0 Å². The Morgan fingerprint density at radius 3 is 2.26 bits per heavy atom. The van der Waals surface area contributed by atoms with Crippen molar-refractivity contribution in [2.45, 2.75) is 18.6 Å². The van der Waals surface area contributed by atoms with Crippen LogP contribution >= 0.6 is 23.2 Å². The molecule has 1 N–H and O–H groups in total. The number of nitrogens with zero attached hydrogens (tertiary/aromatic N) is 1. The minimum atomic E-state index is -3.59. The molecule has 0 bridgehead atoms. The molecule has 0 atom stereocenters. The van der Waals surface area contributed by atoms with Crippen LogP contribution in [0.5, 0.6) is 0 Å². The first-order valence-electron chi connectivity index (χ1n) is 10.0. The van der Waals surface area contributed by atoms with E-state index in [1.807, 2.05) is 42.5 Å². The fourth-order valence-corrected chi connectivity index (χ4v) is 6.22. The van der Waals surface area contributed by atoms with Gasteiger partial charge in [0.2, 0.25) is 15.9 Å². The van der Waals surface area contributed by atoms with Gasteiger partial charge in [-0.25, -0.2) is 12.7 Å². The van der Waals surface area contributed by atoms with Crippen LogP contribution in [0.1, 0.15) is 18.4 Å². The first-order valence-corrected chi connectivity index (χ1v) is 12.4. The molecule has 0 aliphatic carbocycles. The maximum absolute atomic E-state index is 12.9. The molecular weight excluding hydrogens is 455 g/mol. The van der Waals surface area contributed by atoms with E-state index in [-0.39, 0.29) is 30.7 Å². The molecule has 0 unspecified atom stereocenters. The third-order valence-electron chi connectivity index (χ3n) is 5.65. The zero-order valence-electron chi connectivity index (χ0n) is 16.7. The molecule has 0 radical (unpaired) electrons. The summed E-state index contributed by atoms with van der Waals surface area (Å²) >= 11 is 12.3. The molecule has 31 heavy (non-hydrogen) atoms. The number of halogens is 2. The van der Waals surface area contributed by atoms with Gasteiger partial charge in [-0.2, -0.15) is 0 Å². The molecule has 1 aliphatic rings. The van der Waals surface area contributed by atoms with Gasteiger partial charge in [0.05, 0.1) is 5.75 Å². The van der Waals surface area contributed by atoms with Crippen molar-refractivity contribution in [3.05, 3.63) is 76.3 Å². The number of amides is 1. The predicted molar refractivity (Wildman–Crippen MR) is 126 cm³/mol. The van der Waals surface area contributed by atoms with Gasteiger partial charge in [-0.15, -0.1) is 0 Å². The molecule has 0 saturated carbocycles. The first kappa shape index (κ1) is 22.1. The minimum Gasteiger partial charge on any atom is -0.325 e. The molecule has 0 spiro atoms. The quantitative estimate of drug-likeness (QED) is 0.541. The summed E-state index contributed by atoms with van der Waals surface area (Å²) in [7, 11) is -3.59. The highest BCUT2D eigenvalue weighted by Gasteiger charge is 2.32. The molecule has 1 amide bonds. The fourth-order valence-electron chi connectivity index (χ4n) is 3.91. The normalized spacial score (nSPS) is 15.8. The molecule has 1 saturated heterocycles. The third kappa shape index (κ3) is 4.88. The lowest BCUT2D eigenvalue weighted by Crippen LogP contribution is -2.42. The lowest BCUT2D eigenvalue weighted by atomic mass is 9.97. The Morgan fingerprint density at radius 2 is 1.55 bits per heavy atom. The van der Waals surface area contributed by atoms with Crippen molar-refractivity contribution in [3.8, 4) is 0 Å². The maximum Gasteiger partial charge on any atom is 0.227 e. The van der Waals surface area contributed by atoms with Gasteiger partial charge in [-0.3, -0.25) is 4.79 Å². The van der Waals surface area contributed by atoms with Gasteiger partial charge >= 0.3 is 0 Å². The number of sulfonamides is 1. The molecular formula is C23H22Cl2N2O3S. The van der Waals surface area contributed by atoms with Gasteiger partial charge in [-0.05, 0) is 36.4 Å². The molecule has 5 nitrogen and oxygen atoms in total. The van der Waals surface area contributed by atoms with Crippen molar-refractivity contribution in [1.82, 2.24) is 4.31 Å². The van der Waals surface area contributed by atoms with E-state index in [1.165, 1.54) is 4.31 Å². The number of hydrogen-bond acceptors (Lipinski definition) is 3. The highest BCUT2D eigenvalue weighted by atomic mass is 35.5. The summed E-state index contributed by atoms with van der Waals surface area (Å²) in [6.45, 7) is 0.579. The second-order valence-electron chi connectivity index (χ2n) is 7.65. The average Bonchev–Trinajstić information content (AvgIpc) is 2.77. The number of anilines is 1. The van der Waals surface area contributed by atoms with Gasteiger partial charge < -0.3 is 5.32 Å². The molecule has 0 aromatic heterocycles. The van der Waals surface area contributed by atoms with E-state index in [0.29, 0.717) is 28.5 Å². The Kier molecular flexibility index (Phi) is 6.53. The van der Waals surface area contributed by atoms with E-state index in [2.05, 4.69) is 5.32 Å². The van der Waals surface area contributed by atoms with Crippen molar-refractivity contribution >= 4 is 55.6 Å². The predicted octanol–water partition coefficient (Wildman–Crippen LogP) is 5.33. The van der Waals surface area contributed by atoms with Gasteiger partial charge in [0.1, 0.15) is 0 Å². The summed E-state index contributed by atoms with van der Waals surface area (Å²) in [4.78, 5) is 12.8. The summed E-state index contributed by atoms with van der Waals surface area (Å²) in [5.74, 6) is -0.574. The van der Waals surface area contributed by atoms with Crippen LogP contribution in [0.4, 0.5) is 5.69 Å². The first-order chi connectivity index (χ1) is 14.8. The molecule has 162 valence electrons. The van der Waals surface area contributed by atoms with Crippen LogP contribution in [0.15, 0.2) is 60.7 Å². The van der Waals surface area contributed by atoms with Crippen LogP contribution in [-0.4, -0.2) is 31.7 Å². The lowest BCUT2D eigenvalue weighted by Gasteiger charge is -2.30. The second-order valence-corrected chi connectivity index (χ2v) is 10.4. The van der Waals surface area contributed by atoms with Gasteiger partial charge in [0.15, 0.2) is 0 Å². The van der Waals surface area contributed by atoms with Crippen LogP contribution < -0.4 is 5.32 Å². The molecule has 4 rings (SSSR count). The second kappa shape index (κ2) is 9.17. The van der Waals surface area contributed by atoms with Crippen LogP contribution in [0.25, 0.3) is 10.8 Å². The molecule has 3 aromatic rings. The van der Waals surface area contributed by atoms with Crippen LogP contribution in [0.2, 0.25) is 10.0 Å². The highest BCUT2D eigenvalue weighted by molar-refractivity contribution is 7.88. The summed E-state index contributed by atoms with van der Waals surface area (Å²) in [6, 6.07) is 18.6. The smallest absolute Gasteiger partial charge is 0.227 e. The molecule has 1 fully saturated rings. The van der Waals surface area contributed by atoms with Crippen LogP contribution in [0.3, 0.4) is 0 Å². The SMILES string of the molecule is O=C(Nc1cccc2ccccc12)C1CCN(S(=O)(=O)Cc2c(Cl)cccc2Cl)CC1. The van der Waals surface area contributed by atoms with Crippen molar-refractivity contribution < 1.29 is 13.2 Å². The van der Waals surface area contributed by atoms with Crippen LogP contribution in [-0.2, 0) is 20.6 Å². The number of carbonyl (C=O) groups excluding carboxylic acids is 1. The highest BCUT2D eigenvalue weighted by Crippen LogP contribution is 2.30. The zero-order chi connectivity index (χ0) is 22.0. The number of piperidine rings is 1. The number of benzene rings is 3. The van der Waals surface area contributed by atoms with Gasteiger partial charge in [-0.1, -0.05) is 65.7 Å². The Labute approximate surface area is 192 Å². The molecule has 8 heteroatoms. The minimum absolute atomic E-state index is 0.0810. The Balaban J connectivity index is 1.40. The third-order valence-corrected chi connectivity index (χ3v) is 8.17. The van der Waals surface area contributed by atoms with E-state index in [9.17, 15) is 13.2 Å². The standard InChI is InChI=1S/C23H22Cl2N2O3S/c24-20-8-4-9-21(25)19(20)15-31(29,30)27-13-11-17(12-14-27)23(28)26-22-10-3-6-16-5-1-2-7-18(16)22/h1-10,17H,11-15H2,(H,26,28). The maximum atomic E-state index is 12.9. The van der Waals surface area contributed by atoms with Crippen molar-refractivity contribution in [3.63, 3.8) is 0 Å². The lowest BCUT2D eigenvalue weighted by molar-refractivity contribution is -0.120. The summed E-state index contributed by atoms with van der Waals surface area (Å²) in [5.41, 5.74) is 1.17. The van der Waals surface area contributed by atoms with Crippen LogP contribution in [0, 0.1) is 5.92 Å². The van der Waals surface area contributed by atoms with Gasteiger partial charge in [0, 0.05) is 45.7 Å². The van der Waals surface area contributed by atoms with E-state index < -0.39 is 10.0 Å². The number of rotatable bonds is 5. The summed E-state index contributed by atoms with van der Waals surface area (Å²) < 4.78 is 27.2. The number of nitrogens with one attached hydrogen (secondary N) is 1. The fraction of sp³-hybridized carbons (Fsp3) is 0.261. The Bertz CT molecular complexity index is 1200. The van der Waals surface area contributed by atoms with E-state index in [0.717, 1.165) is 16.5 Å². The van der Waals surface area contributed by atoms with E-state index in [1.54, 1.807) is 18.2 Å². The van der Waals surface area contributed by atoms with E-state index >= 15 is 0 Å². The van der Waals surface area contributed by atoms with E-state index in [4.69, 9.17) is 23.2 Å². The zero-order valence-corrected chi connectivity index (χ0v) is 19.1. The topological polar surface area (TPSA) is 66.5 Å². The van der Waals surface area contributed by atoms with Crippen molar-refractivity contribution in [1.29, 1.82) is 0 Å². The summed E-state index contributed by atoms with van der Waals surface area (Å²) in [5, 5.41) is 5.73. The number of fused-ring (bicyclic) bond motifs is 1. The Morgan fingerprint density at radius 1 is 0.935 bits per heavy atom. The largest absolute Gasteiger partial charge is 0.325 e. The molecule has 1 aliphatic heterocycles. The monoisotopic (exact) mass is 476 g/mol. The Hall–Kier alpha value is -2.12. The number of carbonyl (C=O) groups is 1. The van der Waals surface area contributed by atoms with Crippen molar-refractivity contribution in [2.24, 2.45) is 5.92 Å². The molecule has 3 aromatic carbocycles. The molecule has 1 heterocycles. The van der Waals surface area contributed by atoms with Crippen molar-refractivity contribution in [2.75, 3.05) is 18.4 Å².